The molecule has 1 aliphatic rings. The van der Waals surface area contributed by atoms with Crippen LogP contribution in [-0.2, 0) is 6.61 Å². The number of aromatic amines is 1. The summed E-state index contributed by atoms with van der Waals surface area (Å²) >= 11 is 3.30. The molecule has 4 rings (SSSR count). The molecule has 1 fully saturated rings. The van der Waals surface area contributed by atoms with Gasteiger partial charge in [0, 0.05) is 19.0 Å². The molecule has 0 saturated carbocycles. The first-order valence-corrected chi connectivity index (χ1v) is 10.5. The molecule has 0 radical (unpaired) electrons. The van der Waals surface area contributed by atoms with E-state index in [-0.39, 0.29) is 35.5 Å². The van der Waals surface area contributed by atoms with E-state index in [9.17, 15) is 14.0 Å². The third kappa shape index (κ3) is 3.86. The Balaban J connectivity index is 1.58. The van der Waals surface area contributed by atoms with Gasteiger partial charge in [0.15, 0.2) is 5.65 Å². The summed E-state index contributed by atoms with van der Waals surface area (Å²) in [5.74, 6) is 0.144. The summed E-state index contributed by atoms with van der Waals surface area (Å²) in [5, 5.41) is 2.80. The number of ether oxygens (including phenoxy) is 1. The fourth-order valence-electron chi connectivity index (χ4n) is 3.40. The van der Waals surface area contributed by atoms with Crippen LogP contribution in [0, 0.1) is 5.92 Å². The topological polar surface area (TPSA) is 79.7 Å². The van der Waals surface area contributed by atoms with Crippen LogP contribution in [-0.4, -0.2) is 45.2 Å². The van der Waals surface area contributed by atoms with E-state index in [0.717, 1.165) is 5.56 Å². The van der Waals surface area contributed by atoms with Crippen LogP contribution >= 0.6 is 15.9 Å². The van der Waals surface area contributed by atoms with E-state index in [0.29, 0.717) is 23.6 Å². The lowest BCUT2D eigenvalue weighted by atomic mass is 10.0. The number of fused-ring (bicyclic) bond motifs is 1. The molecule has 3 heterocycles. The normalized spacial score (nSPS) is 14.4. The molecule has 1 saturated heterocycles. The molecule has 1 aliphatic heterocycles. The number of rotatable bonds is 6. The van der Waals surface area contributed by atoms with Gasteiger partial charge < -0.3 is 9.64 Å². The summed E-state index contributed by atoms with van der Waals surface area (Å²) in [4.78, 5) is 31.2. The Morgan fingerprint density at radius 3 is 2.67 bits per heavy atom. The number of hydrogen-bond acceptors (Lipinski definition) is 4. The van der Waals surface area contributed by atoms with Gasteiger partial charge in [0.1, 0.15) is 16.8 Å². The van der Waals surface area contributed by atoms with Crippen molar-refractivity contribution in [2.45, 2.75) is 26.4 Å². The molecule has 0 aliphatic carbocycles. The predicted molar refractivity (Wildman–Crippen MR) is 114 cm³/mol. The number of likely N-dealkylation sites (tertiary alicyclic amines) is 1. The van der Waals surface area contributed by atoms with Gasteiger partial charge in [-0.3, -0.25) is 19.1 Å². The first-order valence-electron chi connectivity index (χ1n) is 9.75. The summed E-state index contributed by atoms with van der Waals surface area (Å²) in [5.41, 5.74) is 2.20. The number of hydrogen-bond donors (Lipinski definition) is 1. The fourth-order valence-corrected chi connectivity index (χ4v) is 3.92. The fraction of sp³-hybridized carbons (Fsp3) is 0.381. The Kier molecular flexibility index (Phi) is 5.64. The Bertz CT molecular complexity index is 1130. The number of benzene rings is 1. The summed E-state index contributed by atoms with van der Waals surface area (Å²) in [6.07, 6.45) is 0. The van der Waals surface area contributed by atoms with Crippen molar-refractivity contribution in [3.63, 3.8) is 0 Å². The summed E-state index contributed by atoms with van der Waals surface area (Å²) in [6, 6.07) is 9.33. The number of aromatic nitrogens is 3. The maximum Gasteiger partial charge on any atom is 0.276 e. The minimum Gasteiger partial charge on any atom is -0.473 e. The van der Waals surface area contributed by atoms with Crippen LogP contribution in [0.2, 0.25) is 0 Å². The minimum atomic E-state index is -0.452. The van der Waals surface area contributed by atoms with Crippen molar-refractivity contribution >= 4 is 27.5 Å². The van der Waals surface area contributed by atoms with Crippen LogP contribution in [0.25, 0.3) is 5.65 Å². The maximum atomic E-state index is 12.8. The Morgan fingerprint density at radius 1 is 1.33 bits per heavy atom. The average Bonchev–Trinajstić information content (AvgIpc) is 3.02. The van der Waals surface area contributed by atoms with Crippen LogP contribution in [0.1, 0.15) is 41.3 Å². The van der Waals surface area contributed by atoms with Crippen molar-refractivity contribution in [2.24, 2.45) is 5.92 Å². The van der Waals surface area contributed by atoms with Crippen molar-refractivity contribution in [1.82, 2.24) is 19.5 Å². The molecule has 7 nitrogen and oxygen atoms in total. The van der Waals surface area contributed by atoms with Crippen molar-refractivity contribution in [3.8, 4) is 5.88 Å². The highest BCUT2D eigenvalue weighted by atomic mass is 79.9. The zero-order valence-corrected chi connectivity index (χ0v) is 18.3. The standard InChI is InChI=1S/C21H22BrFN4O3/c1-12(2)15-5-3-13(4-6-15)11-30-16-7-17(28)27-20(24-16)18(19(22)25-27)21(29)26-9-14(8-23)10-26/h3-7,12,14,25H,8-11H2,1-2H3. The van der Waals surface area contributed by atoms with Crippen molar-refractivity contribution in [3.05, 3.63) is 62.0 Å². The van der Waals surface area contributed by atoms with E-state index in [4.69, 9.17) is 4.74 Å². The second-order valence-electron chi connectivity index (χ2n) is 7.81. The van der Waals surface area contributed by atoms with Gasteiger partial charge in [0.25, 0.3) is 11.5 Å². The maximum absolute atomic E-state index is 12.8. The van der Waals surface area contributed by atoms with Gasteiger partial charge in [0.05, 0.1) is 12.7 Å². The molecule has 0 atom stereocenters. The van der Waals surface area contributed by atoms with Crippen molar-refractivity contribution in [1.29, 1.82) is 0 Å². The summed E-state index contributed by atoms with van der Waals surface area (Å²) in [6.45, 7) is 4.76. The van der Waals surface area contributed by atoms with Gasteiger partial charge in [-0.05, 0) is 33.0 Å². The molecule has 158 valence electrons. The highest BCUT2D eigenvalue weighted by Gasteiger charge is 2.34. The van der Waals surface area contributed by atoms with Crippen LogP contribution in [0.15, 0.2) is 39.7 Å². The number of carbonyl (C=O) groups excluding carboxylic acids is 1. The zero-order chi connectivity index (χ0) is 21.4. The van der Waals surface area contributed by atoms with E-state index < -0.39 is 12.2 Å². The van der Waals surface area contributed by atoms with E-state index in [1.54, 1.807) is 0 Å². The number of amides is 1. The van der Waals surface area contributed by atoms with Crippen molar-refractivity contribution in [2.75, 3.05) is 19.8 Å². The summed E-state index contributed by atoms with van der Waals surface area (Å²) in [7, 11) is 0. The highest BCUT2D eigenvalue weighted by molar-refractivity contribution is 9.10. The monoisotopic (exact) mass is 476 g/mol. The van der Waals surface area contributed by atoms with Crippen molar-refractivity contribution < 1.29 is 13.9 Å². The highest BCUT2D eigenvalue weighted by Crippen LogP contribution is 2.26. The molecule has 0 bridgehead atoms. The molecule has 9 heteroatoms. The minimum absolute atomic E-state index is 0.130. The van der Waals surface area contributed by atoms with Crippen LogP contribution in [0.3, 0.4) is 0 Å². The largest absolute Gasteiger partial charge is 0.473 e. The van der Waals surface area contributed by atoms with Gasteiger partial charge in [-0.1, -0.05) is 38.1 Å². The van der Waals surface area contributed by atoms with Gasteiger partial charge in [-0.15, -0.1) is 0 Å². The van der Waals surface area contributed by atoms with Gasteiger partial charge in [-0.25, -0.2) is 0 Å². The first-order chi connectivity index (χ1) is 14.4. The molecule has 1 aromatic carbocycles. The molecule has 30 heavy (non-hydrogen) atoms. The second-order valence-corrected chi connectivity index (χ2v) is 8.60. The number of nitrogens with one attached hydrogen (secondary N) is 1. The molecule has 1 N–H and O–H groups in total. The third-order valence-electron chi connectivity index (χ3n) is 5.26. The molecule has 0 unspecified atom stereocenters. The Morgan fingerprint density at radius 2 is 2.03 bits per heavy atom. The summed E-state index contributed by atoms with van der Waals surface area (Å²) < 4.78 is 20.0. The number of alkyl halides is 1. The lowest BCUT2D eigenvalue weighted by molar-refractivity contribution is 0.0453. The van der Waals surface area contributed by atoms with Gasteiger partial charge in [-0.2, -0.15) is 9.50 Å². The van der Waals surface area contributed by atoms with Crippen LogP contribution in [0.4, 0.5) is 4.39 Å². The number of nitrogens with zero attached hydrogens (tertiary/aromatic N) is 3. The molecule has 0 spiro atoms. The molecule has 2 aromatic heterocycles. The molecular formula is C21H22BrFN4O3. The van der Waals surface area contributed by atoms with Crippen LogP contribution in [0.5, 0.6) is 5.88 Å². The molecule has 1 amide bonds. The number of H-pyrrole nitrogens is 1. The lowest BCUT2D eigenvalue weighted by Gasteiger charge is -2.37. The Labute approximate surface area is 181 Å². The van der Waals surface area contributed by atoms with E-state index in [1.165, 1.54) is 21.0 Å². The quantitative estimate of drug-likeness (QED) is 0.589. The van der Waals surface area contributed by atoms with Gasteiger partial charge >= 0.3 is 0 Å². The smallest absolute Gasteiger partial charge is 0.276 e. The number of carbonyl (C=O) groups is 1. The van der Waals surface area contributed by atoms with Crippen LogP contribution < -0.4 is 10.3 Å². The van der Waals surface area contributed by atoms with E-state index >= 15 is 0 Å². The predicted octanol–water partition coefficient (Wildman–Crippen LogP) is 3.53. The third-order valence-corrected chi connectivity index (χ3v) is 5.83. The van der Waals surface area contributed by atoms with E-state index in [2.05, 4.69) is 39.9 Å². The SMILES string of the molecule is CC(C)c1ccc(COc2cc(=O)n3[nH]c(Br)c(C(=O)N4CC(CF)C4)c3n2)cc1. The lowest BCUT2D eigenvalue weighted by Crippen LogP contribution is -2.50. The average molecular weight is 477 g/mol. The first kappa shape index (κ1) is 20.6. The Hall–Kier alpha value is -2.68. The van der Waals surface area contributed by atoms with Gasteiger partial charge in [0.2, 0.25) is 5.88 Å². The second kappa shape index (κ2) is 8.22. The van der Waals surface area contributed by atoms with E-state index in [1.807, 2.05) is 24.3 Å². The number of halogens is 2. The molecule has 3 aromatic rings. The zero-order valence-electron chi connectivity index (χ0n) is 16.7. The molecular weight excluding hydrogens is 455 g/mol.